The van der Waals surface area contributed by atoms with Crippen molar-refractivity contribution in [3.05, 3.63) is 182 Å². The zero-order chi connectivity index (χ0) is 34.4. The Hall–Kier alpha value is -7.18. The molecule has 6 nitrogen and oxygen atoms in total. The molecule has 0 spiro atoms. The molecule has 0 saturated heterocycles. The number of para-hydroxylation sites is 1. The van der Waals surface area contributed by atoms with Gasteiger partial charge in [0.25, 0.3) is 0 Å². The first-order valence-electron chi connectivity index (χ1n) is 17.3. The summed E-state index contributed by atoms with van der Waals surface area (Å²) in [6.07, 6.45) is 1.87. The summed E-state index contributed by atoms with van der Waals surface area (Å²) >= 11 is 0. The molecule has 244 valence electrons. The minimum Gasteiger partial charge on any atom is -0.277 e. The van der Waals surface area contributed by atoms with Gasteiger partial charge in [-0.3, -0.25) is 8.97 Å². The van der Waals surface area contributed by atoms with E-state index in [2.05, 4.69) is 130 Å². The number of fused-ring (bicyclic) bond motifs is 4. The van der Waals surface area contributed by atoms with E-state index in [9.17, 15) is 0 Å². The Bertz CT molecular complexity index is 2860. The largest absolute Gasteiger partial charge is 0.277 e. The molecule has 10 rings (SSSR count). The lowest BCUT2D eigenvalue weighted by atomic mass is 10.1. The quantitative estimate of drug-likeness (QED) is 0.177. The average Bonchev–Trinajstić information content (AvgIpc) is 3.79. The van der Waals surface area contributed by atoms with Crippen molar-refractivity contribution in [1.29, 1.82) is 0 Å². The molecule has 0 unspecified atom stereocenters. The van der Waals surface area contributed by atoms with Crippen LogP contribution >= 0.6 is 0 Å². The van der Waals surface area contributed by atoms with Crippen molar-refractivity contribution in [3.63, 3.8) is 0 Å². The van der Waals surface area contributed by atoms with Crippen LogP contribution in [0.25, 0.3) is 89.8 Å². The molecule has 0 bridgehead atoms. The van der Waals surface area contributed by atoms with Gasteiger partial charge in [-0.2, -0.15) is 0 Å². The summed E-state index contributed by atoms with van der Waals surface area (Å²) in [5.74, 6) is 2.31. The fourth-order valence-electron chi connectivity index (χ4n) is 7.22. The first kappa shape index (κ1) is 29.7. The fourth-order valence-corrected chi connectivity index (χ4v) is 7.22. The summed E-state index contributed by atoms with van der Waals surface area (Å²) < 4.78 is 4.37. The molecule has 0 saturated carbocycles. The fraction of sp³-hybridized carbons (Fsp3) is 0. The lowest BCUT2D eigenvalue weighted by Gasteiger charge is -2.13. The highest BCUT2D eigenvalue weighted by Crippen LogP contribution is 2.39. The molecule has 4 aromatic heterocycles. The molecule has 0 fully saturated rings. The molecular weight excluding hydrogens is 637 g/mol. The normalized spacial score (nSPS) is 11.5. The van der Waals surface area contributed by atoms with Crippen LogP contribution in [0.1, 0.15) is 0 Å². The van der Waals surface area contributed by atoms with E-state index in [1.54, 1.807) is 0 Å². The van der Waals surface area contributed by atoms with Crippen molar-refractivity contribution in [2.24, 2.45) is 0 Å². The number of rotatable bonds is 6. The van der Waals surface area contributed by atoms with Gasteiger partial charge >= 0.3 is 0 Å². The Morgan fingerprint density at radius 3 is 1.62 bits per heavy atom. The predicted octanol–water partition coefficient (Wildman–Crippen LogP) is 11.0. The van der Waals surface area contributed by atoms with Gasteiger partial charge in [-0.25, -0.2) is 19.9 Å². The van der Waals surface area contributed by atoms with E-state index < -0.39 is 0 Å². The molecule has 0 N–H and O–H groups in total. The maximum atomic E-state index is 5.29. The molecule has 10 aromatic rings. The van der Waals surface area contributed by atoms with Crippen LogP contribution in [0.2, 0.25) is 0 Å². The Balaban J connectivity index is 1.21. The molecule has 0 amide bonds. The lowest BCUT2D eigenvalue weighted by Crippen LogP contribution is -2.03. The van der Waals surface area contributed by atoms with Gasteiger partial charge in [0.1, 0.15) is 22.8 Å². The second-order valence-corrected chi connectivity index (χ2v) is 12.7. The number of pyridine rings is 1. The topological polar surface area (TPSA) is 60.9 Å². The van der Waals surface area contributed by atoms with Crippen LogP contribution in [0.4, 0.5) is 0 Å². The SMILES string of the molecule is c1ccc(-c2nc(-c3ccc(-c4nc5c(-c6ccccc6)ccnc5n4-c4ccccc4)cc3)n3c(-c4ccccc4)c4ccccc4c3n2)cc1. The summed E-state index contributed by atoms with van der Waals surface area (Å²) in [5.41, 5.74) is 10.7. The summed E-state index contributed by atoms with van der Waals surface area (Å²) in [5, 5.41) is 2.21. The maximum absolute atomic E-state index is 5.29. The van der Waals surface area contributed by atoms with Crippen LogP contribution in [-0.4, -0.2) is 28.9 Å². The van der Waals surface area contributed by atoms with Crippen molar-refractivity contribution < 1.29 is 0 Å². The molecule has 52 heavy (non-hydrogen) atoms. The third-order valence-corrected chi connectivity index (χ3v) is 9.62. The molecule has 0 aliphatic heterocycles. The van der Waals surface area contributed by atoms with E-state index in [-0.39, 0.29) is 0 Å². The van der Waals surface area contributed by atoms with E-state index in [1.165, 1.54) is 0 Å². The number of hydrogen-bond acceptors (Lipinski definition) is 4. The van der Waals surface area contributed by atoms with Crippen molar-refractivity contribution in [3.8, 4) is 62.2 Å². The van der Waals surface area contributed by atoms with Gasteiger partial charge in [0.2, 0.25) is 0 Å². The zero-order valence-electron chi connectivity index (χ0n) is 28.0. The van der Waals surface area contributed by atoms with Gasteiger partial charge in [-0.15, -0.1) is 0 Å². The number of nitrogens with zero attached hydrogens (tertiary/aromatic N) is 6. The van der Waals surface area contributed by atoms with Crippen LogP contribution in [0, 0.1) is 0 Å². The van der Waals surface area contributed by atoms with Gasteiger partial charge < -0.3 is 0 Å². The number of benzene rings is 6. The Labute approximate surface area is 300 Å². The average molecular weight is 667 g/mol. The van der Waals surface area contributed by atoms with Crippen molar-refractivity contribution in [1.82, 2.24) is 28.9 Å². The predicted molar refractivity (Wildman–Crippen MR) is 210 cm³/mol. The molecule has 0 atom stereocenters. The van der Waals surface area contributed by atoms with Crippen LogP contribution in [0.5, 0.6) is 0 Å². The second-order valence-electron chi connectivity index (χ2n) is 12.7. The van der Waals surface area contributed by atoms with Gasteiger partial charge in [0, 0.05) is 44.9 Å². The maximum Gasteiger partial charge on any atom is 0.165 e. The smallest absolute Gasteiger partial charge is 0.165 e. The van der Waals surface area contributed by atoms with Gasteiger partial charge in [0.15, 0.2) is 11.5 Å². The standard InChI is InChI=1S/C46H30N6/c1-5-15-31(16-6-1)37-29-30-47-46-40(37)48-43(51(46)36-21-11-4-12-22-36)34-25-27-35(28-26-34)44-49-42(33-19-9-3-10-20-33)50-45-39-24-14-13-23-38(39)41(52(44)45)32-17-7-2-8-18-32/h1-30H. The minimum absolute atomic E-state index is 0.681. The Morgan fingerprint density at radius 2 is 0.942 bits per heavy atom. The van der Waals surface area contributed by atoms with E-state index in [4.69, 9.17) is 19.9 Å². The van der Waals surface area contributed by atoms with E-state index in [0.717, 1.165) is 84.0 Å². The molecule has 0 aliphatic rings. The molecule has 4 heterocycles. The van der Waals surface area contributed by atoms with E-state index in [0.29, 0.717) is 5.82 Å². The van der Waals surface area contributed by atoms with Crippen molar-refractivity contribution in [2.75, 3.05) is 0 Å². The van der Waals surface area contributed by atoms with E-state index in [1.807, 2.05) is 60.8 Å². The van der Waals surface area contributed by atoms with Crippen LogP contribution in [0.3, 0.4) is 0 Å². The summed E-state index contributed by atoms with van der Waals surface area (Å²) in [6, 6.07) is 60.5. The number of hydrogen-bond donors (Lipinski definition) is 0. The highest BCUT2D eigenvalue weighted by molar-refractivity contribution is 6.06. The van der Waals surface area contributed by atoms with Crippen molar-refractivity contribution >= 4 is 27.6 Å². The Kier molecular flexibility index (Phi) is 7.03. The highest BCUT2D eigenvalue weighted by atomic mass is 15.1. The van der Waals surface area contributed by atoms with Crippen molar-refractivity contribution in [2.45, 2.75) is 0 Å². The molecule has 0 radical (unpaired) electrons. The minimum atomic E-state index is 0.681. The first-order valence-corrected chi connectivity index (χ1v) is 17.3. The summed E-state index contributed by atoms with van der Waals surface area (Å²) in [4.78, 5) is 20.7. The van der Waals surface area contributed by atoms with Gasteiger partial charge in [-0.1, -0.05) is 158 Å². The summed E-state index contributed by atoms with van der Waals surface area (Å²) in [6.45, 7) is 0. The monoisotopic (exact) mass is 666 g/mol. The van der Waals surface area contributed by atoms with Gasteiger partial charge in [-0.05, 0) is 29.3 Å². The highest BCUT2D eigenvalue weighted by Gasteiger charge is 2.22. The molecule has 6 aromatic carbocycles. The first-order chi connectivity index (χ1) is 25.8. The summed E-state index contributed by atoms with van der Waals surface area (Å²) in [7, 11) is 0. The Morgan fingerprint density at radius 1 is 0.385 bits per heavy atom. The van der Waals surface area contributed by atoms with Crippen LogP contribution < -0.4 is 0 Å². The van der Waals surface area contributed by atoms with Crippen LogP contribution in [0.15, 0.2) is 182 Å². The lowest BCUT2D eigenvalue weighted by molar-refractivity contribution is 1.05. The van der Waals surface area contributed by atoms with Crippen LogP contribution in [-0.2, 0) is 0 Å². The molecule has 6 heteroatoms. The second kappa shape index (κ2) is 12.3. The number of imidazole rings is 1. The number of aromatic nitrogens is 6. The third kappa shape index (κ3) is 4.88. The van der Waals surface area contributed by atoms with E-state index >= 15 is 0 Å². The molecular formula is C46H30N6. The third-order valence-electron chi connectivity index (χ3n) is 9.62. The van der Waals surface area contributed by atoms with Gasteiger partial charge in [0.05, 0.1) is 5.69 Å². The zero-order valence-corrected chi connectivity index (χ0v) is 28.0. The molecule has 0 aliphatic carbocycles.